The number of amides is 1. The van der Waals surface area contributed by atoms with Gasteiger partial charge in [0.15, 0.2) is 5.65 Å². The Bertz CT molecular complexity index is 1290. The Morgan fingerprint density at radius 2 is 1.74 bits per heavy atom. The van der Waals surface area contributed by atoms with Crippen molar-refractivity contribution in [3.05, 3.63) is 86.8 Å². The maximum absolute atomic E-state index is 12.7. The molecule has 9 heteroatoms. The summed E-state index contributed by atoms with van der Waals surface area (Å²) in [4.78, 5) is 25.2. The normalized spacial score (nSPS) is 11.1. The summed E-state index contributed by atoms with van der Waals surface area (Å²) >= 11 is 7.42. The fourth-order valence-corrected chi connectivity index (χ4v) is 4.07. The van der Waals surface area contributed by atoms with Crippen LogP contribution in [-0.2, 0) is 17.1 Å². The molecule has 1 amide bonds. The zero-order valence-corrected chi connectivity index (χ0v) is 18.6. The molecule has 2 heterocycles. The van der Waals surface area contributed by atoms with Gasteiger partial charge in [-0.1, -0.05) is 53.7 Å². The van der Waals surface area contributed by atoms with Crippen molar-refractivity contribution in [1.29, 1.82) is 0 Å². The lowest BCUT2D eigenvalue weighted by atomic mass is 10.1. The summed E-state index contributed by atoms with van der Waals surface area (Å²) in [5, 5.41) is 12.8. The minimum Gasteiger partial charge on any atom is -0.324 e. The molecule has 0 radical (unpaired) electrons. The van der Waals surface area contributed by atoms with Gasteiger partial charge in [-0.3, -0.25) is 4.79 Å². The molecule has 0 aliphatic carbocycles. The molecule has 0 spiro atoms. The summed E-state index contributed by atoms with van der Waals surface area (Å²) in [5.74, 6) is 0.372. The minimum atomic E-state index is -0.458. The summed E-state index contributed by atoms with van der Waals surface area (Å²) in [5.41, 5.74) is 3.70. The van der Waals surface area contributed by atoms with Crippen molar-refractivity contribution in [2.24, 2.45) is 0 Å². The Hall–Kier alpha value is -3.10. The van der Waals surface area contributed by atoms with Crippen LogP contribution in [0.3, 0.4) is 0 Å². The van der Waals surface area contributed by atoms with E-state index in [1.165, 1.54) is 16.3 Å². The fraction of sp³-hybridized carbons (Fsp3) is 0.182. The molecule has 7 nitrogen and oxygen atoms in total. The number of hydrogen-bond donors (Lipinski definition) is 1. The van der Waals surface area contributed by atoms with Crippen LogP contribution in [0.4, 0.5) is 5.69 Å². The van der Waals surface area contributed by atoms with Gasteiger partial charge in [0.2, 0.25) is 5.91 Å². The van der Waals surface area contributed by atoms with E-state index < -0.39 is 5.69 Å². The first kappa shape index (κ1) is 21.1. The van der Waals surface area contributed by atoms with Crippen molar-refractivity contribution < 1.29 is 4.79 Å². The van der Waals surface area contributed by atoms with E-state index in [0.29, 0.717) is 21.4 Å². The first-order valence-corrected chi connectivity index (χ1v) is 11.0. The second kappa shape index (κ2) is 8.95. The van der Waals surface area contributed by atoms with Crippen LogP contribution in [0.15, 0.2) is 64.4 Å². The molecule has 0 atom stereocenters. The largest absolute Gasteiger partial charge is 0.367 e. The van der Waals surface area contributed by atoms with Crippen LogP contribution in [0.1, 0.15) is 16.7 Å². The summed E-state index contributed by atoms with van der Waals surface area (Å²) < 4.78 is 2.34. The maximum Gasteiger partial charge on any atom is 0.367 e. The molecule has 2 aromatic heterocycles. The first-order chi connectivity index (χ1) is 14.9. The van der Waals surface area contributed by atoms with E-state index in [0.717, 1.165) is 27.1 Å². The van der Waals surface area contributed by atoms with E-state index in [2.05, 4.69) is 15.5 Å². The average molecular weight is 454 g/mol. The molecule has 1 N–H and O–H groups in total. The molecule has 0 saturated heterocycles. The summed E-state index contributed by atoms with van der Waals surface area (Å²) in [6.45, 7) is 3.66. The van der Waals surface area contributed by atoms with Gasteiger partial charge >= 0.3 is 5.69 Å². The van der Waals surface area contributed by atoms with Crippen molar-refractivity contribution in [3.8, 4) is 0 Å². The van der Waals surface area contributed by atoms with Gasteiger partial charge in [0.1, 0.15) is 11.6 Å². The molecule has 0 aliphatic rings. The van der Waals surface area contributed by atoms with E-state index in [4.69, 9.17) is 11.6 Å². The van der Waals surface area contributed by atoms with Gasteiger partial charge in [0.05, 0.1) is 0 Å². The summed E-state index contributed by atoms with van der Waals surface area (Å²) in [6, 6.07) is 16.9. The zero-order chi connectivity index (χ0) is 22.0. The van der Waals surface area contributed by atoms with Crippen molar-refractivity contribution in [2.75, 3.05) is 5.32 Å². The Labute approximate surface area is 188 Å². The van der Waals surface area contributed by atoms with Crippen LogP contribution in [0, 0.1) is 13.8 Å². The molecule has 0 bridgehead atoms. The standard InChI is InChI=1S/C22H20ClN5O2S/c1-14-4-3-5-15(2)21(14)24-19(29)12-27-22(30)28-18(25-27)10-11-20(26-28)31-13-16-6-8-17(23)9-7-16/h3-11H,12-13H2,1-2H3,(H,24,29). The number of carbonyl (C=O) groups is 1. The molecule has 31 heavy (non-hydrogen) atoms. The van der Waals surface area contributed by atoms with Gasteiger partial charge in [-0.2, -0.15) is 9.61 Å². The quantitative estimate of drug-likeness (QED) is 0.444. The van der Waals surface area contributed by atoms with Crippen molar-refractivity contribution in [3.63, 3.8) is 0 Å². The Morgan fingerprint density at radius 3 is 2.45 bits per heavy atom. The van der Waals surface area contributed by atoms with E-state index in [1.54, 1.807) is 6.07 Å². The number of aryl methyl sites for hydroxylation is 2. The predicted octanol–water partition coefficient (Wildman–Crippen LogP) is 4.09. The van der Waals surface area contributed by atoms with E-state index in [9.17, 15) is 9.59 Å². The highest BCUT2D eigenvalue weighted by molar-refractivity contribution is 7.98. The topological polar surface area (TPSA) is 81.3 Å². The molecule has 4 aromatic rings. The van der Waals surface area contributed by atoms with Crippen molar-refractivity contribution >= 4 is 40.6 Å². The lowest BCUT2D eigenvalue weighted by Gasteiger charge is -2.10. The number of hydrogen-bond acceptors (Lipinski definition) is 5. The summed E-state index contributed by atoms with van der Waals surface area (Å²) in [6.07, 6.45) is 0. The van der Waals surface area contributed by atoms with Gasteiger partial charge in [-0.05, 0) is 54.8 Å². The second-order valence-electron chi connectivity index (χ2n) is 7.11. The van der Waals surface area contributed by atoms with Crippen molar-refractivity contribution in [1.82, 2.24) is 19.4 Å². The number of aromatic nitrogens is 4. The number of carbonyl (C=O) groups excluding carboxylic acids is 1. The number of thioether (sulfide) groups is 1. The number of fused-ring (bicyclic) bond motifs is 1. The highest BCUT2D eigenvalue weighted by Crippen LogP contribution is 2.22. The lowest BCUT2D eigenvalue weighted by Crippen LogP contribution is -2.29. The third-order valence-corrected chi connectivity index (χ3v) is 6.00. The highest BCUT2D eigenvalue weighted by Gasteiger charge is 2.14. The molecule has 0 fully saturated rings. The predicted molar refractivity (Wildman–Crippen MR) is 123 cm³/mol. The van der Waals surface area contributed by atoms with Gasteiger partial charge in [-0.15, -0.1) is 5.10 Å². The Kier molecular flexibility index (Phi) is 6.11. The van der Waals surface area contributed by atoms with Crippen LogP contribution in [-0.4, -0.2) is 25.3 Å². The minimum absolute atomic E-state index is 0.191. The molecule has 2 aromatic carbocycles. The number of benzene rings is 2. The molecule has 158 valence electrons. The number of nitrogens with zero attached hydrogens (tertiary/aromatic N) is 4. The average Bonchev–Trinajstić information content (AvgIpc) is 3.05. The lowest BCUT2D eigenvalue weighted by molar-refractivity contribution is -0.117. The van der Waals surface area contributed by atoms with Gasteiger partial charge < -0.3 is 5.32 Å². The number of halogens is 1. The van der Waals surface area contributed by atoms with Gasteiger partial charge in [-0.25, -0.2) is 9.48 Å². The molecule has 4 rings (SSSR count). The van der Waals surface area contributed by atoms with E-state index in [-0.39, 0.29) is 12.5 Å². The van der Waals surface area contributed by atoms with Gasteiger partial charge in [0.25, 0.3) is 0 Å². The molecule has 0 aliphatic heterocycles. The molecule has 0 saturated carbocycles. The maximum atomic E-state index is 12.7. The number of anilines is 1. The fourth-order valence-electron chi connectivity index (χ4n) is 3.14. The monoisotopic (exact) mass is 453 g/mol. The van der Waals surface area contributed by atoms with Crippen LogP contribution in [0.25, 0.3) is 5.65 Å². The molecular formula is C22H20ClN5O2S. The smallest absolute Gasteiger partial charge is 0.324 e. The van der Waals surface area contributed by atoms with Crippen LogP contribution in [0.5, 0.6) is 0 Å². The zero-order valence-electron chi connectivity index (χ0n) is 17.0. The Morgan fingerprint density at radius 1 is 1.03 bits per heavy atom. The van der Waals surface area contributed by atoms with Crippen LogP contribution in [0.2, 0.25) is 5.02 Å². The first-order valence-electron chi connectivity index (χ1n) is 9.61. The highest BCUT2D eigenvalue weighted by atomic mass is 35.5. The van der Waals surface area contributed by atoms with E-state index >= 15 is 0 Å². The second-order valence-corrected chi connectivity index (χ2v) is 8.54. The summed E-state index contributed by atoms with van der Waals surface area (Å²) in [7, 11) is 0. The SMILES string of the molecule is Cc1cccc(C)c1NC(=O)Cn1nc2ccc(SCc3ccc(Cl)cc3)nn2c1=O. The van der Waals surface area contributed by atoms with Crippen LogP contribution >= 0.6 is 23.4 Å². The third kappa shape index (κ3) is 4.81. The van der Waals surface area contributed by atoms with Crippen molar-refractivity contribution in [2.45, 2.75) is 31.2 Å². The molecular weight excluding hydrogens is 434 g/mol. The van der Waals surface area contributed by atoms with E-state index in [1.807, 2.05) is 62.4 Å². The third-order valence-electron chi connectivity index (χ3n) is 4.75. The number of nitrogens with one attached hydrogen (secondary N) is 1. The number of para-hydroxylation sites is 1. The Balaban J connectivity index is 1.49. The number of rotatable bonds is 6. The van der Waals surface area contributed by atoms with Crippen LogP contribution < -0.4 is 11.0 Å². The van der Waals surface area contributed by atoms with Gasteiger partial charge in [0, 0.05) is 16.5 Å². The molecule has 0 unspecified atom stereocenters.